The number of aryl methyl sites for hydroxylation is 1. The Kier molecular flexibility index (Phi) is 3.57. The maximum absolute atomic E-state index is 13.3. The van der Waals surface area contributed by atoms with Gasteiger partial charge in [0.1, 0.15) is 17.3 Å². The van der Waals surface area contributed by atoms with Gasteiger partial charge in [-0.2, -0.15) is 13.2 Å². The lowest BCUT2D eigenvalue weighted by atomic mass is 10.2. The van der Waals surface area contributed by atoms with Crippen molar-refractivity contribution in [2.24, 2.45) is 0 Å². The summed E-state index contributed by atoms with van der Waals surface area (Å²) < 4.78 is 56.1. The van der Waals surface area contributed by atoms with Crippen LogP contribution in [-0.4, -0.2) is 0 Å². The molecule has 0 aliphatic rings. The number of alkyl halides is 3. The molecule has 0 aliphatic carbocycles. The number of anilines is 1. The summed E-state index contributed by atoms with van der Waals surface area (Å²) in [6.45, 7) is 1.59. The lowest BCUT2D eigenvalue weighted by molar-refractivity contribution is -0.137. The second-order valence-electron chi connectivity index (χ2n) is 4.26. The van der Waals surface area contributed by atoms with Crippen LogP contribution in [0.3, 0.4) is 0 Å². The molecular weight excluding hydrogens is 274 g/mol. The van der Waals surface area contributed by atoms with Gasteiger partial charge in [-0.25, -0.2) is 4.39 Å². The van der Waals surface area contributed by atoms with Gasteiger partial charge in [-0.15, -0.1) is 0 Å². The summed E-state index contributed by atoms with van der Waals surface area (Å²) in [5.41, 5.74) is 4.93. The van der Waals surface area contributed by atoms with Gasteiger partial charge in [0, 0.05) is 6.07 Å². The van der Waals surface area contributed by atoms with Crippen LogP contribution in [-0.2, 0) is 6.18 Å². The fourth-order valence-electron chi connectivity index (χ4n) is 1.58. The molecule has 2 aromatic rings. The maximum atomic E-state index is 13.3. The average Bonchev–Trinajstić information content (AvgIpc) is 2.35. The average molecular weight is 285 g/mol. The molecule has 0 atom stereocenters. The van der Waals surface area contributed by atoms with Crippen LogP contribution in [0, 0.1) is 12.7 Å². The van der Waals surface area contributed by atoms with Crippen molar-refractivity contribution in [1.29, 1.82) is 0 Å². The van der Waals surface area contributed by atoms with Gasteiger partial charge >= 0.3 is 6.18 Å². The molecule has 0 spiro atoms. The van der Waals surface area contributed by atoms with E-state index in [1.807, 2.05) is 0 Å². The third-order valence-electron chi connectivity index (χ3n) is 2.71. The van der Waals surface area contributed by atoms with Gasteiger partial charge in [0.05, 0.1) is 11.3 Å². The van der Waals surface area contributed by atoms with E-state index < -0.39 is 17.6 Å². The summed E-state index contributed by atoms with van der Waals surface area (Å²) in [4.78, 5) is 0. The fourth-order valence-corrected chi connectivity index (χ4v) is 1.58. The first-order valence-corrected chi connectivity index (χ1v) is 5.68. The topological polar surface area (TPSA) is 35.2 Å². The van der Waals surface area contributed by atoms with Crippen molar-refractivity contribution in [3.63, 3.8) is 0 Å². The summed E-state index contributed by atoms with van der Waals surface area (Å²) in [6.07, 6.45) is -4.47. The van der Waals surface area contributed by atoms with E-state index in [0.717, 1.165) is 24.3 Å². The van der Waals surface area contributed by atoms with Crippen LogP contribution in [0.25, 0.3) is 0 Å². The van der Waals surface area contributed by atoms with Crippen molar-refractivity contribution in [2.75, 3.05) is 5.73 Å². The van der Waals surface area contributed by atoms with Crippen molar-refractivity contribution in [1.82, 2.24) is 0 Å². The molecule has 0 bridgehead atoms. The second kappa shape index (κ2) is 5.03. The number of nitrogen functional groups attached to an aromatic ring is 1. The van der Waals surface area contributed by atoms with Gasteiger partial charge in [0.2, 0.25) is 0 Å². The SMILES string of the molecule is Cc1ccc(Oc2ccc(C(F)(F)F)cc2N)cc1F. The van der Waals surface area contributed by atoms with Crippen LogP contribution < -0.4 is 10.5 Å². The molecule has 2 rings (SSSR count). The highest BCUT2D eigenvalue weighted by molar-refractivity contribution is 5.56. The van der Waals surface area contributed by atoms with Crippen LogP contribution in [0.2, 0.25) is 0 Å². The molecule has 2 aromatic carbocycles. The van der Waals surface area contributed by atoms with E-state index in [2.05, 4.69) is 0 Å². The van der Waals surface area contributed by atoms with Crippen molar-refractivity contribution < 1.29 is 22.3 Å². The number of rotatable bonds is 2. The maximum Gasteiger partial charge on any atom is 0.416 e. The molecule has 0 saturated carbocycles. The zero-order valence-electron chi connectivity index (χ0n) is 10.5. The monoisotopic (exact) mass is 285 g/mol. The first-order chi connectivity index (χ1) is 9.27. The predicted octanol–water partition coefficient (Wildman–Crippen LogP) is 4.53. The lowest BCUT2D eigenvalue weighted by Crippen LogP contribution is -2.06. The molecular formula is C14H11F4NO. The number of ether oxygens (including phenoxy) is 1. The zero-order chi connectivity index (χ0) is 14.9. The number of hydrogen-bond acceptors (Lipinski definition) is 2. The third kappa shape index (κ3) is 3.01. The van der Waals surface area contributed by atoms with Crippen LogP contribution in [0.15, 0.2) is 36.4 Å². The van der Waals surface area contributed by atoms with Crippen molar-refractivity contribution in [3.8, 4) is 11.5 Å². The van der Waals surface area contributed by atoms with E-state index in [1.165, 1.54) is 12.1 Å². The first-order valence-electron chi connectivity index (χ1n) is 5.68. The Bertz CT molecular complexity index is 638. The Hall–Kier alpha value is -2.24. The standard InChI is InChI=1S/C14H11F4NO/c1-8-2-4-10(7-11(8)15)20-13-5-3-9(6-12(13)19)14(16,17)18/h2-7H,19H2,1H3. The van der Waals surface area contributed by atoms with E-state index in [9.17, 15) is 17.6 Å². The molecule has 6 heteroatoms. The van der Waals surface area contributed by atoms with E-state index in [1.54, 1.807) is 6.92 Å². The van der Waals surface area contributed by atoms with Crippen LogP contribution in [0.4, 0.5) is 23.2 Å². The third-order valence-corrected chi connectivity index (χ3v) is 2.71. The normalized spacial score (nSPS) is 11.4. The highest BCUT2D eigenvalue weighted by atomic mass is 19.4. The summed E-state index contributed by atoms with van der Waals surface area (Å²) in [5.74, 6) is -0.256. The lowest BCUT2D eigenvalue weighted by Gasteiger charge is -2.12. The highest BCUT2D eigenvalue weighted by Crippen LogP contribution is 2.35. The molecule has 106 valence electrons. The quantitative estimate of drug-likeness (QED) is 0.650. The predicted molar refractivity (Wildman–Crippen MR) is 67.1 cm³/mol. The van der Waals surface area contributed by atoms with E-state index >= 15 is 0 Å². The van der Waals surface area contributed by atoms with Crippen molar-refractivity contribution >= 4 is 5.69 Å². The Labute approximate surface area is 112 Å². The Morgan fingerprint density at radius 3 is 2.30 bits per heavy atom. The summed E-state index contributed by atoms with van der Waals surface area (Å²) in [5, 5.41) is 0. The van der Waals surface area contributed by atoms with Gasteiger partial charge in [-0.05, 0) is 36.8 Å². The molecule has 0 aromatic heterocycles. The van der Waals surface area contributed by atoms with Crippen molar-refractivity contribution in [2.45, 2.75) is 13.1 Å². The van der Waals surface area contributed by atoms with Gasteiger partial charge in [-0.1, -0.05) is 6.07 Å². The minimum Gasteiger partial charge on any atom is -0.455 e. The van der Waals surface area contributed by atoms with E-state index in [0.29, 0.717) is 5.56 Å². The Morgan fingerprint density at radius 1 is 1.05 bits per heavy atom. The first kappa shape index (κ1) is 14.2. The molecule has 2 nitrogen and oxygen atoms in total. The molecule has 0 heterocycles. The molecule has 0 radical (unpaired) electrons. The molecule has 0 unspecified atom stereocenters. The van der Waals surface area contributed by atoms with Crippen LogP contribution in [0.1, 0.15) is 11.1 Å². The highest BCUT2D eigenvalue weighted by Gasteiger charge is 2.30. The molecule has 0 aliphatic heterocycles. The van der Waals surface area contributed by atoms with Gasteiger partial charge < -0.3 is 10.5 Å². The van der Waals surface area contributed by atoms with Gasteiger partial charge in [-0.3, -0.25) is 0 Å². The molecule has 2 N–H and O–H groups in total. The summed E-state index contributed by atoms with van der Waals surface area (Å²) >= 11 is 0. The molecule has 20 heavy (non-hydrogen) atoms. The zero-order valence-corrected chi connectivity index (χ0v) is 10.5. The number of nitrogens with two attached hydrogens (primary N) is 1. The fraction of sp³-hybridized carbons (Fsp3) is 0.143. The van der Waals surface area contributed by atoms with Crippen LogP contribution in [0.5, 0.6) is 11.5 Å². The largest absolute Gasteiger partial charge is 0.455 e. The van der Waals surface area contributed by atoms with E-state index in [-0.39, 0.29) is 17.2 Å². The number of hydrogen-bond donors (Lipinski definition) is 1. The second-order valence-corrected chi connectivity index (χ2v) is 4.26. The molecule has 0 fully saturated rings. The van der Waals surface area contributed by atoms with Crippen molar-refractivity contribution in [3.05, 3.63) is 53.3 Å². The van der Waals surface area contributed by atoms with Gasteiger partial charge in [0.25, 0.3) is 0 Å². The number of halogens is 4. The number of benzene rings is 2. The van der Waals surface area contributed by atoms with Gasteiger partial charge in [0.15, 0.2) is 0 Å². The minimum absolute atomic E-state index is 0.0428. The minimum atomic E-state index is -4.47. The summed E-state index contributed by atoms with van der Waals surface area (Å²) in [7, 11) is 0. The summed E-state index contributed by atoms with van der Waals surface area (Å²) in [6, 6.07) is 6.90. The Balaban J connectivity index is 2.28. The van der Waals surface area contributed by atoms with Crippen LogP contribution >= 0.6 is 0 Å². The smallest absolute Gasteiger partial charge is 0.416 e. The van der Waals surface area contributed by atoms with E-state index in [4.69, 9.17) is 10.5 Å². The molecule has 0 amide bonds. The molecule has 0 saturated heterocycles. The Morgan fingerprint density at radius 2 is 1.75 bits per heavy atom.